The van der Waals surface area contributed by atoms with Crippen LogP contribution in [-0.2, 0) is 24.2 Å². The van der Waals surface area contributed by atoms with Crippen molar-refractivity contribution < 1.29 is 9.53 Å². The van der Waals surface area contributed by atoms with E-state index in [1.807, 2.05) is 30.3 Å². The van der Waals surface area contributed by atoms with Crippen molar-refractivity contribution in [3.05, 3.63) is 76.9 Å². The molecule has 0 bridgehead atoms. The van der Waals surface area contributed by atoms with Crippen LogP contribution in [0.3, 0.4) is 0 Å². The van der Waals surface area contributed by atoms with Gasteiger partial charge >= 0.3 is 6.09 Å². The van der Waals surface area contributed by atoms with Crippen molar-refractivity contribution in [1.29, 1.82) is 0 Å². The summed E-state index contributed by atoms with van der Waals surface area (Å²) in [6.45, 7) is 4.07. The topological polar surface area (TPSA) is 32.8 Å². The Morgan fingerprint density at radius 2 is 1.74 bits per heavy atom. The van der Waals surface area contributed by atoms with E-state index in [1.54, 1.807) is 4.90 Å². The first-order chi connectivity index (χ1) is 15.3. The van der Waals surface area contributed by atoms with Crippen molar-refractivity contribution in [3.8, 4) is 0 Å². The number of hydrogen-bond acceptors (Lipinski definition) is 3. The van der Waals surface area contributed by atoms with Crippen molar-refractivity contribution in [2.45, 2.75) is 51.2 Å². The number of rotatable bonds is 4. The second-order valence-electron chi connectivity index (χ2n) is 9.07. The van der Waals surface area contributed by atoms with Gasteiger partial charge in [-0.2, -0.15) is 0 Å². The van der Waals surface area contributed by atoms with E-state index in [1.165, 1.54) is 61.0 Å². The van der Waals surface area contributed by atoms with Crippen molar-refractivity contribution in [2.75, 3.05) is 26.2 Å². The highest BCUT2D eigenvalue weighted by molar-refractivity contribution is 5.73. The number of fused-ring (bicyclic) bond motifs is 1. The maximum atomic E-state index is 12.4. The summed E-state index contributed by atoms with van der Waals surface area (Å²) in [6.07, 6.45) is 9.37. The number of ether oxygens (including phenoxy) is 1. The first-order valence-corrected chi connectivity index (χ1v) is 11.8. The number of benzene rings is 2. The number of amides is 1. The lowest BCUT2D eigenvalue weighted by Crippen LogP contribution is -2.41. The molecule has 0 unspecified atom stereocenters. The summed E-state index contributed by atoms with van der Waals surface area (Å²) >= 11 is 0. The maximum absolute atomic E-state index is 12.4. The van der Waals surface area contributed by atoms with E-state index in [0.29, 0.717) is 19.7 Å². The molecule has 0 atom stereocenters. The van der Waals surface area contributed by atoms with E-state index in [9.17, 15) is 4.79 Å². The fourth-order valence-corrected chi connectivity index (χ4v) is 4.97. The molecule has 4 nitrogen and oxygen atoms in total. The monoisotopic (exact) mass is 416 g/mol. The van der Waals surface area contributed by atoms with Gasteiger partial charge in [-0.1, -0.05) is 61.0 Å². The summed E-state index contributed by atoms with van der Waals surface area (Å²) in [5.74, 6) is 0. The molecule has 0 aromatic heterocycles. The molecule has 1 amide bonds. The number of carbonyl (C=O) groups excluding carboxylic acids is 1. The van der Waals surface area contributed by atoms with Gasteiger partial charge < -0.3 is 9.64 Å². The standard InChI is InChI=1S/C27H32N2O2/c30-27(31-20-21-5-2-1-3-6-21)29-17-12-23(13-18-29)24-10-9-22-11-15-28(26-7-4-8-26)16-14-25(22)19-24/h1-3,5-6,9-10,12,19,26H,4,7-8,11,13-18,20H2. The minimum Gasteiger partial charge on any atom is -0.445 e. The van der Waals surface area contributed by atoms with Crippen LogP contribution in [0.2, 0.25) is 0 Å². The predicted molar refractivity (Wildman–Crippen MR) is 124 cm³/mol. The van der Waals surface area contributed by atoms with E-state index >= 15 is 0 Å². The molecule has 0 spiro atoms. The number of carbonyl (C=O) groups is 1. The zero-order valence-electron chi connectivity index (χ0n) is 18.3. The Labute approximate surface area is 185 Å². The molecule has 1 saturated carbocycles. The lowest BCUT2D eigenvalue weighted by molar-refractivity contribution is 0.0998. The molecular weight excluding hydrogens is 384 g/mol. The molecule has 0 saturated heterocycles. The van der Waals surface area contributed by atoms with Crippen LogP contribution < -0.4 is 0 Å². The van der Waals surface area contributed by atoms with Crippen LogP contribution in [0.1, 0.15) is 47.9 Å². The van der Waals surface area contributed by atoms with Crippen LogP contribution in [-0.4, -0.2) is 48.1 Å². The quantitative estimate of drug-likeness (QED) is 0.698. The fraction of sp³-hybridized carbons (Fsp3) is 0.444. The van der Waals surface area contributed by atoms with Crippen molar-refractivity contribution in [3.63, 3.8) is 0 Å². The fourth-order valence-electron chi connectivity index (χ4n) is 4.97. The van der Waals surface area contributed by atoms with Gasteiger partial charge in [-0.25, -0.2) is 4.79 Å². The molecule has 0 radical (unpaired) electrons. The molecule has 2 aliphatic heterocycles. The SMILES string of the molecule is O=C(OCc1ccccc1)N1CC=C(c2ccc3c(c2)CCN(C2CCC2)CC3)CC1. The molecule has 2 heterocycles. The summed E-state index contributed by atoms with van der Waals surface area (Å²) in [7, 11) is 0. The van der Waals surface area contributed by atoms with Gasteiger partial charge in [-0.15, -0.1) is 0 Å². The summed E-state index contributed by atoms with van der Waals surface area (Å²) in [5, 5.41) is 0. The average Bonchev–Trinajstić information content (AvgIpc) is 2.99. The first kappa shape index (κ1) is 20.3. The summed E-state index contributed by atoms with van der Waals surface area (Å²) < 4.78 is 5.49. The zero-order chi connectivity index (χ0) is 21.0. The Morgan fingerprint density at radius 3 is 2.45 bits per heavy atom. The third-order valence-corrected chi connectivity index (χ3v) is 7.18. The van der Waals surface area contributed by atoms with Gasteiger partial charge in [0.2, 0.25) is 0 Å². The lowest BCUT2D eigenvalue weighted by atomic mass is 9.91. The van der Waals surface area contributed by atoms with Crippen LogP contribution in [0.5, 0.6) is 0 Å². The largest absolute Gasteiger partial charge is 0.445 e. The van der Waals surface area contributed by atoms with Gasteiger partial charge in [0.15, 0.2) is 0 Å². The molecule has 1 aliphatic carbocycles. The van der Waals surface area contributed by atoms with E-state index in [0.717, 1.165) is 24.4 Å². The molecule has 162 valence electrons. The average molecular weight is 417 g/mol. The lowest BCUT2D eigenvalue weighted by Gasteiger charge is -2.36. The Kier molecular flexibility index (Phi) is 6.08. The summed E-state index contributed by atoms with van der Waals surface area (Å²) in [5.41, 5.74) is 6.74. The molecule has 3 aliphatic rings. The minimum absolute atomic E-state index is 0.225. The first-order valence-electron chi connectivity index (χ1n) is 11.8. The van der Waals surface area contributed by atoms with Crippen LogP contribution in [0, 0.1) is 0 Å². The summed E-state index contributed by atoms with van der Waals surface area (Å²) in [6, 6.07) is 17.7. The molecule has 31 heavy (non-hydrogen) atoms. The Morgan fingerprint density at radius 1 is 0.935 bits per heavy atom. The molecular formula is C27H32N2O2. The highest BCUT2D eigenvalue weighted by atomic mass is 16.6. The van der Waals surface area contributed by atoms with Gasteiger partial charge in [0.05, 0.1) is 0 Å². The number of nitrogens with zero attached hydrogens (tertiary/aromatic N) is 2. The third kappa shape index (κ3) is 4.69. The van der Waals surface area contributed by atoms with Crippen LogP contribution in [0.25, 0.3) is 5.57 Å². The highest BCUT2D eigenvalue weighted by Gasteiger charge is 2.26. The maximum Gasteiger partial charge on any atom is 0.410 e. The van der Waals surface area contributed by atoms with Gasteiger partial charge in [0, 0.05) is 32.2 Å². The van der Waals surface area contributed by atoms with Gasteiger partial charge in [0.25, 0.3) is 0 Å². The van der Waals surface area contributed by atoms with E-state index in [2.05, 4.69) is 29.2 Å². The summed E-state index contributed by atoms with van der Waals surface area (Å²) in [4.78, 5) is 16.9. The zero-order valence-corrected chi connectivity index (χ0v) is 18.3. The smallest absolute Gasteiger partial charge is 0.410 e. The molecule has 4 heteroatoms. The van der Waals surface area contributed by atoms with Gasteiger partial charge in [-0.3, -0.25) is 4.90 Å². The van der Waals surface area contributed by atoms with Gasteiger partial charge in [-0.05, 0) is 59.9 Å². The Hall–Kier alpha value is -2.59. The van der Waals surface area contributed by atoms with E-state index in [4.69, 9.17) is 4.74 Å². The molecule has 5 rings (SSSR count). The van der Waals surface area contributed by atoms with E-state index < -0.39 is 0 Å². The normalized spacial score (nSPS) is 19.7. The van der Waals surface area contributed by atoms with Crippen LogP contribution in [0.4, 0.5) is 4.79 Å². The third-order valence-electron chi connectivity index (χ3n) is 7.18. The predicted octanol–water partition coefficient (Wildman–Crippen LogP) is 5.07. The Bertz CT molecular complexity index is 949. The molecule has 2 aromatic carbocycles. The van der Waals surface area contributed by atoms with Gasteiger partial charge in [0.1, 0.15) is 6.61 Å². The van der Waals surface area contributed by atoms with Crippen molar-refractivity contribution >= 4 is 11.7 Å². The second kappa shape index (κ2) is 9.27. The minimum atomic E-state index is -0.225. The van der Waals surface area contributed by atoms with Crippen molar-refractivity contribution in [1.82, 2.24) is 9.80 Å². The molecule has 2 aromatic rings. The van der Waals surface area contributed by atoms with Crippen LogP contribution in [0.15, 0.2) is 54.6 Å². The second-order valence-corrected chi connectivity index (χ2v) is 9.07. The molecule has 1 fully saturated rings. The highest BCUT2D eigenvalue weighted by Crippen LogP contribution is 2.30. The number of hydrogen-bond donors (Lipinski definition) is 0. The van der Waals surface area contributed by atoms with Crippen LogP contribution >= 0.6 is 0 Å². The molecule has 0 N–H and O–H groups in total. The Balaban J connectivity index is 1.18. The van der Waals surface area contributed by atoms with E-state index in [-0.39, 0.29) is 6.09 Å². The van der Waals surface area contributed by atoms with Crippen molar-refractivity contribution in [2.24, 2.45) is 0 Å².